The Morgan fingerprint density at radius 2 is 1.96 bits per heavy atom. The molecule has 2 saturated carbocycles. The summed E-state index contributed by atoms with van der Waals surface area (Å²) in [5, 5.41) is 8.87. The van der Waals surface area contributed by atoms with E-state index in [1.165, 1.54) is 12.8 Å². The van der Waals surface area contributed by atoms with Crippen molar-refractivity contribution in [1.82, 2.24) is 10.5 Å². The summed E-state index contributed by atoms with van der Waals surface area (Å²) in [6, 6.07) is 6.04. The van der Waals surface area contributed by atoms with Crippen molar-refractivity contribution in [3.63, 3.8) is 0 Å². The number of benzene rings is 1. The van der Waals surface area contributed by atoms with Gasteiger partial charge in [-0.2, -0.15) is 0 Å². The first-order chi connectivity index (χ1) is 12.7. The van der Waals surface area contributed by atoms with Crippen LogP contribution in [-0.4, -0.2) is 24.4 Å². The Labute approximate surface area is 164 Å². The van der Waals surface area contributed by atoms with Crippen LogP contribution in [0.5, 0.6) is 0 Å². The fourth-order valence-corrected chi connectivity index (χ4v) is 4.38. The van der Waals surface area contributed by atoms with E-state index in [1.807, 2.05) is 25.2 Å². The predicted octanol–water partition coefficient (Wildman–Crippen LogP) is 5.57. The minimum Gasteiger partial charge on any atom is -0.373 e. The summed E-state index contributed by atoms with van der Waals surface area (Å²) in [5.41, 5.74) is 2.47. The van der Waals surface area contributed by atoms with E-state index in [0.29, 0.717) is 28.6 Å². The monoisotopic (exact) mass is 394 g/mol. The third-order valence-corrected chi connectivity index (χ3v) is 6.09. The van der Waals surface area contributed by atoms with Crippen LogP contribution in [0.2, 0.25) is 10.0 Å². The number of rotatable bonds is 6. The lowest BCUT2D eigenvalue weighted by atomic mass is 9.93. The highest BCUT2D eigenvalue weighted by Crippen LogP contribution is 2.46. The summed E-state index contributed by atoms with van der Waals surface area (Å²) in [6.45, 7) is 0.493. The molecule has 6 heteroatoms. The van der Waals surface area contributed by atoms with Crippen LogP contribution < -0.4 is 5.32 Å². The van der Waals surface area contributed by atoms with Crippen LogP contribution in [0.1, 0.15) is 55.8 Å². The molecule has 0 aliphatic heterocycles. The molecule has 0 amide bonds. The topological polar surface area (TPSA) is 47.3 Å². The zero-order chi connectivity index (χ0) is 18.1. The fraction of sp³-hybridized carbons (Fsp3) is 0.550. The van der Waals surface area contributed by atoms with Crippen LogP contribution >= 0.6 is 23.2 Å². The van der Waals surface area contributed by atoms with Crippen molar-refractivity contribution in [3.8, 4) is 11.3 Å². The standard InChI is InChI=1S/C20H24Cl2N2O2/c1-23-13-4-2-5-14(10-13)25-11-15-19(24-26-20(15)12-8-9-12)18-16(21)6-3-7-17(18)22/h3,6-7,12-14,23H,2,4-5,8-11H2,1H3/t13-,14-/m0/s1. The number of nitrogens with zero attached hydrogens (tertiary/aromatic N) is 1. The summed E-state index contributed by atoms with van der Waals surface area (Å²) in [7, 11) is 2.02. The second-order valence-corrected chi connectivity index (χ2v) is 8.14. The van der Waals surface area contributed by atoms with E-state index in [-0.39, 0.29) is 6.10 Å². The Morgan fingerprint density at radius 1 is 1.19 bits per heavy atom. The van der Waals surface area contributed by atoms with Crippen molar-refractivity contribution < 1.29 is 9.26 Å². The average molecular weight is 395 g/mol. The van der Waals surface area contributed by atoms with Crippen LogP contribution in [0.25, 0.3) is 11.3 Å². The van der Waals surface area contributed by atoms with Crippen molar-refractivity contribution in [1.29, 1.82) is 0 Å². The third-order valence-electron chi connectivity index (χ3n) is 5.46. The van der Waals surface area contributed by atoms with Crippen LogP contribution in [0.15, 0.2) is 22.7 Å². The molecule has 2 atom stereocenters. The van der Waals surface area contributed by atoms with Crippen LogP contribution in [0.4, 0.5) is 0 Å². The number of nitrogens with one attached hydrogen (secondary N) is 1. The van der Waals surface area contributed by atoms with Gasteiger partial charge in [-0.05, 0) is 57.7 Å². The first-order valence-electron chi connectivity index (χ1n) is 9.39. The highest BCUT2D eigenvalue weighted by molar-refractivity contribution is 6.39. The van der Waals surface area contributed by atoms with Crippen molar-refractivity contribution in [2.45, 2.75) is 63.2 Å². The first-order valence-corrected chi connectivity index (χ1v) is 10.1. The van der Waals surface area contributed by atoms with Crippen molar-refractivity contribution in [2.24, 2.45) is 0 Å². The molecule has 0 spiro atoms. The molecule has 0 saturated heterocycles. The number of hydrogen-bond donors (Lipinski definition) is 1. The molecule has 2 aliphatic rings. The molecular formula is C20H24Cl2N2O2. The van der Waals surface area contributed by atoms with E-state index in [2.05, 4.69) is 10.5 Å². The molecule has 1 aromatic heterocycles. The molecule has 4 nitrogen and oxygen atoms in total. The summed E-state index contributed by atoms with van der Waals surface area (Å²) in [6.07, 6.45) is 7.10. The highest BCUT2D eigenvalue weighted by Gasteiger charge is 2.34. The molecule has 26 heavy (non-hydrogen) atoms. The lowest BCUT2D eigenvalue weighted by molar-refractivity contribution is 0.00885. The fourth-order valence-electron chi connectivity index (χ4n) is 3.81. The van der Waals surface area contributed by atoms with Crippen LogP contribution in [0.3, 0.4) is 0 Å². The zero-order valence-electron chi connectivity index (χ0n) is 14.9. The lowest BCUT2D eigenvalue weighted by Crippen LogP contribution is -2.34. The molecule has 2 aliphatic carbocycles. The summed E-state index contributed by atoms with van der Waals surface area (Å²) >= 11 is 12.8. The highest BCUT2D eigenvalue weighted by atomic mass is 35.5. The lowest BCUT2D eigenvalue weighted by Gasteiger charge is -2.29. The summed E-state index contributed by atoms with van der Waals surface area (Å²) in [4.78, 5) is 0. The van der Waals surface area contributed by atoms with E-state index >= 15 is 0 Å². The molecule has 1 heterocycles. The molecule has 4 rings (SSSR count). The van der Waals surface area contributed by atoms with Gasteiger partial charge in [-0.1, -0.05) is 34.4 Å². The molecule has 0 bridgehead atoms. The molecular weight excluding hydrogens is 371 g/mol. The zero-order valence-corrected chi connectivity index (χ0v) is 16.4. The van der Waals surface area contributed by atoms with Gasteiger partial charge >= 0.3 is 0 Å². The van der Waals surface area contributed by atoms with Gasteiger partial charge in [0.05, 0.1) is 22.8 Å². The van der Waals surface area contributed by atoms with E-state index in [9.17, 15) is 0 Å². The van der Waals surface area contributed by atoms with Gasteiger partial charge in [0.15, 0.2) is 0 Å². The van der Waals surface area contributed by atoms with Gasteiger partial charge in [0.1, 0.15) is 11.5 Å². The minimum atomic E-state index is 0.262. The number of aromatic nitrogens is 1. The summed E-state index contributed by atoms with van der Waals surface area (Å²) < 4.78 is 12.0. The Morgan fingerprint density at radius 3 is 2.65 bits per heavy atom. The second kappa shape index (κ2) is 7.89. The predicted molar refractivity (Wildman–Crippen MR) is 104 cm³/mol. The van der Waals surface area contributed by atoms with Gasteiger partial charge in [-0.25, -0.2) is 0 Å². The molecule has 2 fully saturated rings. The molecule has 1 aromatic carbocycles. The van der Waals surface area contributed by atoms with Crippen molar-refractivity contribution in [2.75, 3.05) is 7.05 Å². The second-order valence-electron chi connectivity index (χ2n) is 7.33. The Hall–Kier alpha value is -1.07. The third kappa shape index (κ3) is 3.79. The average Bonchev–Trinajstić information content (AvgIpc) is 3.41. The maximum atomic E-state index is 6.41. The van der Waals surface area contributed by atoms with Crippen LogP contribution in [-0.2, 0) is 11.3 Å². The van der Waals surface area contributed by atoms with Gasteiger partial charge in [0.25, 0.3) is 0 Å². The first kappa shape index (κ1) is 18.3. The SMILES string of the molecule is CN[C@H]1CCC[C@H](OCc2c(-c3c(Cl)cccc3Cl)noc2C2CC2)C1. The molecule has 0 unspecified atom stereocenters. The minimum absolute atomic E-state index is 0.262. The van der Waals surface area contributed by atoms with E-state index in [1.54, 1.807) is 0 Å². The molecule has 2 aromatic rings. The van der Waals surface area contributed by atoms with E-state index < -0.39 is 0 Å². The van der Waals surface area contributed by atoms with E-state index in [4.69, 9.17) is 32.5 Å². The Balaban J connectivity index is 1.59. The quantitative estimate of drug-likeness (QED) is 0.694. The van der Waals surface area contributed by atoms with Gasteiger partial charge in [-0.3, -0.25) is 0 Å². The van der Waals surface area contributed by atoms with Crippen LogP contribution in [0, 0.1) is 0 Å². The van der Waals surface area contributed by atoms with Gasteiger partial charge < -0.3 is 14.6 Å². The van der Waals surface area contributed by atoms with E-state index in [0.717, 1.165) is 48.3 Å². The molecule has 140 valence electrons. The van der Waals surface area contributed by atoms with Gasteiger partial charge in [0, 0.05) is 23.1 Å². The number of hydrogen-bond acceptors (Lipinski definition) is 4. The molecule has 0 radical (unpaired) electrons. The van der Waals surface area contributed by atoms with Crippen molar-refractivity contribution in [3.05, 3.63) is 39.6 Å². The van der Waals surface area contributed by atoms with Gasteiger partial charge in [0.2, 0.25) is 0 Å². The number of halogens is 2. The maximum Gasteiger partial charge on any atom is 0.145 e. The largest absolute Gasteiger partial charge is 0.373 e. The number of ether oxygens (including phenoxy) is 1. The molecule has 1 N–H and O–H groups in total. The van der Waals surface area contributed by atoms with Gasteiger partial charge in [-0.15, -0.1) is 0 Å². The normalized spacial score (nSPS) is 23.3. The Bertz CT molecular complexity index is 753. The van der Waals surface area contributed by atoms with Crippen molar-refractivity contribution >= 4 is 23.2 Å². The Kier molecular flexibility index (Phi) is 5.55. The maximum absolute atomic E-state index is 6.41. The smallest absolute Gasteiger partial charge is 0.145 e. The summed E-state index contributed by atoms with van der Waals surface area (Å²) in [5.74, 6) is 1.39.